The average molecular weight is 307 g/mol. The van der Waals surface area contributed by atoms with Crippen LogP contribution in [0.1, 0.15) is 31.9 Å². The predicted molar refractivity (Wildman–Crippen MR) is 73.5 cm³/mol. The van der Waals surface area contributed by atoms with Crippen molar-refractivity contribution in [3.63, 3.8) is 0 Å². The number of ether oxygens (including phenoxy) is 1. The maximum absolute atomic E-state index is 13.0. The Bertz CT molecular complexity index is 495. The van der Waals surface area contributed by atoms with Gasteiger partial charge in [0.15, 0.2) is 0 Å². The molecule has 0 N–H and O–H groups in total. The van der Waals surface area contributed by atoms with Crippen molar-refractivity contribution in [2.45, 2.75) is 31.7 Å². The Morgan fingerprint density at radius 2 is 1.85 bits per heavy atom. The molecular formula is C13H16F3NO2S. The van der Waals surface area contributed by atoms with Crippen LogP contribution in [0.3, 0.4) is 0 Å². The zero-order valence-electron chi connectivity index (χ0n) is 11.6. The Hall–Kier alpha value is -1.21. The average Bonchev–Trinajstić information content (AvgIpc) is 2.32. The molecule has 0 radical (unpaired) electrons. The molecule has 20 heavy (non-hydrogen) atoms. The van der Waals surface area contributed by atoms with Gasteiger partial charge in [-0.1, -0.05) is 16.5 Å². The molecule has 3 nitrogen and oxygen atoms in total. The molecule has 0 aliphatic carbocycles. The second kappa shape index (κ2) is 6.05. The van der Waals surface area contributed by atoms with E-state index in [4.69, 9.17) is 4.74 Å². The van der Waals surface area contributed by atoms with Gasteiger partial charge in [-0.25, -0.2) is 0 Å². The highest BCUT2D eigenvalue weighted by molar-refractivity contribution is 7.91. The number of hydrogen-bond acceptors (Lipinski definition) is 3. The predicted octanol–water partition coefficient (Wildman–Crippen LogP) is 3.60. The molecular weight excluding hydrogens is 291 g/mol. The van der Waals surface area contributed by atoms with Crippen LogP contribution in [0.4, 0.5) is 13.2 Å². The first-order valence-electron chi connectivity index (χ1n) is 5.77. The number of halogens is 3. The molecule has 1 aromatic rings. The number of nitrogens with zero attached hydrogens (tertiary/aromatic N) is 1. The van der Waals surface area contributed by atoms with Gasteiger partial charge in [-0.15, -0.1) is 0 Å². The minimum Gasteiger partial charge on any atom is -0.591 e. The largest absolute Gasteiger partial charge is 0.591 e. The Morgan fingerprint density at radius 1 is 1.25 bits per heavy atom. The number of rotatable bonds is 3. The van der Waals surface area contributed by atoms with E-state index in [9.17, 15) is 17.7 Å². The molecule has 0 aromatic heterocycles. The maximum atomic E-state index is 13.0. The summed E-state index contributed by atoms with van der Waals surface area (Å²) in [5, 5.41) is 0. The van der Waals surface area contributed by atoms with Gasteiger partial charge in [0.05, 0.1) is 13.3 Å². The van der Waals surface area contributed by atoms with Crippen molar-refractivity contribution in [3.8, 4) is 5.75 Å². The summed E-state index contributed by atoms with van der Waals surface area (Å²) in [6.07, 6.45) is -3.59. The summed E-state index contributed by atoms with van der Waals surface area (Å²) < 4.78 is 58.7. The standard InChI is InChI=1S/C13H16F3NO2S/c1-12(2,3)20(18)17-8-9-6-5-7-10(19-4)11(9)13(14,15)16/h5-8H,1-4H3. The number of hydrogen-bond donors (Lipinski definition) is 0. The Kier molecular flexibility index (Phi) is 5.10. The highest BCUT2D eigenvalue weighted by atomic mass is 32.2. The Labute approximate surface area is 119 Å². The molecule has 1 unspecified atom stereocenters. The molecule has 0 saturated heterocycles. The third kappa shape index (κ3) is 4.14. The molecule has 0 heterocycles. The highest BCUT2D eigenvalue weighted by Crippen LogP contribution is 2.38. The third-order valence-corrected chi connectivity index (χ3v) is 3.72. The van der Waals surface area contributed by atoms with Gasteiger partial charge in [0.2, 0.25) is 0 Å². The van der Waals surface area contributed by atoms with Gasteiger partial charge in [-0.05, 0) is 26.8 Å². The second-order valence-electron chi connectivity index (χ2n) is 5.02. The summed E-state index contributed by atoms with van der Waals surface area (Å²) in [4.78, 5) is 0. The van der Waals surface area contributed by atoms with Crippen LogP contribution in [0.5, 0.6) is 5.75 Å². The SMILES string of the molecule is COc1cccc(C=N[S+]([O-])C(C)(C)C)c1C(F)(F)F. The lowest BCUT2D eigenvalue weighted by molar-refractivity contribution is -0.138. The number of methoxy groups -OCH3 is 1. The fraction of sp³-hybridized carbons (Fsp3) is 0.462. The summed E-state index contributed by atoms with van der Waals surface area (Å²) in [6.45, 7) is 5.07. The van der Waals surface area contributed by atoms with E-state index in [1.807, 2.05) is 0 Å². The van der Waals surface area contributed by atoms with Crippen LogP contribution in [0.15, 0.2) is 22.6 Å². The first kappa shape index (κ1) is 16.8. The zero-order chi connectivity index (χ0) is 15.6. The minimum absolute atomic E-state index is 0.172. The van der Waals surface area contributed by atoms with Gasteiger partial charge in [0.1, 0.15) is 27.4 Å². The van der Waals surface area contributed by atoms with E-state index in [0.29, 0.717) is 0 Å². The quantitative estimate of drug-likeness (QED) is 0.632. The van der Waals surface area contributed by atoms with Crippen molar-refractivity contribution < 1.29 is 22.5 Å². The first-order valence-corrected chi connectivity index (χ1v) is 6.88. The number of benzene rings is 1. The molecule has 0 aliphatic heterocycles. The summed E-state index contributed by atoms with van der Waals surface area (Å²) in [7, 11) is 1.17. The lowest BCUT2D eigenvalue weighted by Crippen LogP contribution is -2.26. The van der Waals surface area contributed by atoms with Gasteiger partial charge in [-0.2, -0.15) is 13.2 Å². The third-order valence-electron chi connectivity index (χ3n) is 2.37. The molecule has 0 bridgehead atoms. The van der Waals surface area contributed by atoms with Crippen LogP contribution in [0, 0.1) is 0 Å². The summed E-state index contributed by atoms with van der Waals surface area (Å²) >= 11 is -1.62. The van der Waals surface area contributed by atoms with Crippen molar-refractivity contribution in [2.24, 2.45) is 4.40 Å². The van der Waals surface area contributed by atoms with E-state index >= 15 is 0 Å². The molecule has 1 aromatic carbocycles. The summed E-state index contributed by atoms with van der Waals surface area (Å²) in [5.74, 6) is -0.289. The molecule has 7 heteroatoms. The Morgan fingerprint density at radius 3 is 2.30 bits per heavy atom. The zero-order valence-corrected chi connectivity index (χ0v) is 12.4. The van der Waals surface area contributed by atoms with Crippen LogP contribution < -0.4 is 4.74 Å². The normalized spacial score (nSPS) is 14.6. The lowest BCUT2D eigenvalue weighted by Gasteiger charge is -2.18. The monoisotopic (exact) mass is 307 g/mol. The summed E-state index contributed by atoms with van der Waals surface area (Å²) in [5.41, 5.74) is -1.09. The van der Waals surface area contributed by atoms with E-state index in [-0.39, 0.29) is 11.3 Å². The second-order valence-corrected chi connectivity index (χ2v) is 6.95. The van der Waals surface area contributed by atoms with Crippen LogP contribution in [-0.2, 0) is 17.5 Å². The molecule has 0 saturated carbocycles. The molecule has 0 spiro atoms. The topological polar surface area (TPSA) is 44.6 Å². The number of alkyl halides is 3. The highest BCUT2D eigenvalue weighted by Gasteiger charge is 2.37. The first-order chi connectivity index (χ1) is 9.07. The van der Waals surface area contributed by atoms with Crippen molar-refractivity contribution in [1.29, 1.82) is 0 Å². The fourth-order valence-electron chi connectivity index (χ4n) is 1.39. The molecule has 0 aliphatic rings. The molecule has 1 rings (SSSR count). The van der Waals surface area contributed by atoms with Crippen molar-refractivity contribution in [3.05, 3.63) is 29.3 Å². The summed E-state index contributed by atoms with van der Waals surface area (Å²) in [6, 6.07) is 3.91. The van der Waals surface area contributed by atoms with E-state index in [0.717, 1.165) is 6.21 Å². The molecule has 112 valence electrons. The van der Waals surface area contributed by atoms with Gasteiger partial charge in [0, 0.05) is 5.56 Å². The molecule has 0 amide bonds. The molecule has 0 fully saturated rings. The van der Waals surface area contributed by atoms with Crippen molar-refractivity contribution in [2.75, 3.05) is 7.11 Å². The van der Waals surface area contributed by atoms with Crippen LogP contribution in [-0.4, -0.2) is 22.6 Å². The lowest BCUT2D eigenvalue weighted by atomic mass is 10.1. The van der Waals surface area contributed by atoms with Crippen LogP contribution in [0.25, 0.3) is 0 Å². The van der Waals surface area contributed by atoms with Crippen molar-refractivity contribution >= 4 is 17.6 Å². The minimum atomic E-state index is -4.57. The van der Waals surface area contributed by atoms with E-state index in [2.05, 4.69) is 4.40 Å². The van der Waals surface area contributed by atoms with Gasteiger partial charge >= 0.3 is 6.18 Å². The van der Waals surface area contributed by atoms with E-state index in [1.54, 1.807) is 20.8 Å². The smallest absolute Gasteiger partial charge is 0.420 e. The van der Waals surface area contributed by atoms with Crippen molar-refractivity contribution in [1.82, 2.24) is 0 Å². The molecule has 1 atom stereocenters. The van der Waals surface area contributed by atoms with Gasteiger partial charge < -0.3 is 9.29 Å². The van der Waals surface area contributed by atoms with Crippen LogP contribution in [0.2, 0.25) is 0 Å². The van der Waals surface area contributed by atoms with E-state index in [1.165, 1.54) is 25.3 Å². The maximum Gasteiger partial charge on any atom is 0.420 e. The van der Waals surface area contributed by atoms with E-state index < -0.39 is 27.8 Å². The Balaban J connectivity index is 3.23. The van der Waals surface area contributed by atoms with Crippen LogP contribution >= 0.6 is 0 Å². The fourth-order valence-corrected chi connectivity index (χ4v) is 1.92. The van der Waals surface area contributed by atoms with Gasteiger partial charge in [-0.3, -0.25) is 0 Å². The van der Waals surface area contributed by atoms with Gasteiger partial charge in [0.25, 0.3) is 0 Å².